The van der Waals surface area contributed by atoms with Crippen LogP contribution in [-0.4, -0.2) is 13.0 Å². The lowest BCUT2D eigenvalue weighted by molar-refractivity contribution is 0.483. The van der Waals surface area contributed by atoms with Crippen LogP contribution in [0, 0.1) is 0 Å². The fourth-order valence-electron chi connectivity index (χ4n) is 1.61. The van der Waals surface area contributed by atoms with E-state index >= 15 is 0 Å². The van der Waals surface area contributed by atoms with Gasteiger partial charge in [-0.15, -0.1) is 0 Å². The van der Waals surface area contributed by atoms with Crippen LogP contribution >= 0.6 is 63.7 Å². The van der Waals surface area contributed by atoms with Crippen LogP contribution in [0.5, 0.6) is 0 Å². The molecule has 0 aliphatic rings. The number of hydrogen-bond donors (Lipinski definition) is 1. The fraction of sp³-hybridized carbons (Fsp3) is 0. The predicted octanol–water partition coefficient (Wildman–Crippen LogP) is 5.14. The van der Waals surface area contributed by atoms with E-state index in [4.69, 9.17) is 0 Å². The van der Waals surface area contributed by atoms with Gasteiger partial charge in [0.05, 0.1) is 4.47 Å². The number of hydrogen-bond acceptors (Lipinski definition) is 2. The van der Waals surface area contributed by atoms with E-state index in [0.717, 1.165) is 4.47 Å². The van der Waals surface area contributed by atoms with Crippen molar-refractivity contribution < 1.29 is 13.0 Å². The second kappa shape index (κ2) is 5.14. The Labute approximate surface area is 137 Å². The van der Waals surface area contributed by atoms with Gasteiger partial charge in [-0.1, -0.05) is 28.1 Å². The van der Waals surface area contributed by atoms with Gasteiger partial charge in [-0.2, -0.15) is 8.42 Å². The molecular formula is C10H4Br4O3S. The summed E-state index contributed by atoms with van der Waals surface area (Å²) in [5, 5.41) is 1.09. The normalized spacial score (nSPS) is 12.1. The van der Waals surface area contributed by atoms with E-state index in [1.165, 1.54) is 0 Å². The van der Waals surface area contributed by atoms with Crippen LogP contribution in [-0.2, 0) is 10.1 Å². The average Bonchev–Trinajstić information content (AvgIpc) is 2.24. The molecule has 0 amide bonds. The molecule has 0 radical (unpaired) electrons. The lowest BCUT2D eigenvalue weighted by atomic mass is 10.1. The van der Waals surface area contributed by atoms with Gasteiger partial charge >= 0.3 is 0 Å². The molecule has 3 nitrogen and oxygen atoms in total. The molecule has 0 aliphatic carbocycles. The molecule has 8 heteroatoms. The average molecular weight is 524 g/mol. The molecule has 2 aromatic rings. The third-order valence-corrected chi connectivity index (χ3v) is 7.63. The second-order valence-corrected chi connectivity index (χ2v) is 8.00. The first-order chi connectivity index (χ1) is 8.25. The number of fused-ring (bicyclic) bond motifs is 1. The molecule has 0 aromatic heterocycles. The Kier molecular flexibility index (Phi) is 4.26. The van der Waals surface area contributed by atoms with E-state index in [9.17, 15) is 13.0 Å². The lowest BCUT2D eigenvalue weighted by Crippen LogP contribution is -2.02. The fourth-order valence-corrected chi connectivity index (χ4v) is 5.66. The molecule has 0 saturated heterocycles. The van der Waals surface area contributed by atoms with Crippen molar-refractivity contribution in [3.05, 3.63) is 36.1 Å². The van der Waals surface area contributed by atoms with Gasteiger partial charge in [-0.05, 0) is 53.9 Å². The lowest BCUT2D eigenvalue weighted by Gasteiger charge is -2.12. The van der Waals surface area contributed by atoms with Crippen molar-refractivity contribution >= 4 is 84.6 Å². The highest BCUT2D eigenvalue weighted by Crippen LogP contribution is 2.44. The van der Waals surface area contributed by atoms with Gasteiger partial charge in [0.1, 0.15) is 4.90 Å². The highest BCUT2D eigenvalue weighted by molar-refractivity contribution is 9.14. The summed E-state index contributed by atoms with van der Waals surface area (Å²) in [6, 6.07) is 5.13. The first kappa shape index (κ1) is 14.9. The molecule has 0 spiro atoms. The van der Waals surface area contributed by atoms with E-state index in [1.54, 1.807) is 18.2 Å². The molecule has 0 fully saturated rings. The van der Waals surface area contributed by atoms with Gasteiger partial charge in [-0.3, -0.25) is 4.55 Å². The van der Waals surface area contributed by atoms with Crippen LogP contribution < -0.4 is 0 Å². The van der Waals surface area contributed by atoms with Crippen LogP contribution in [0.2, 0.25) is 0 Å². The van der Waals surface area contributed by atoms with Gasteiger partial charge in [0.2, 0.25) is 0 Å². The summed E-state index contributed by atoms with van der Waals surface area (Å²) < 4.78 is 34.6. The maximum Gasteiger partial charge on any atom is 0.296 e. The Bertz CT molecular complexity index is 756. The minimum absolute atomic E-state index is 0.158. The van der Waals surface area contributed by atoms with Crippen molar-refractivity contribution in [3.63, 3.8) is 0 Å². The zero-order valence-corrected chi connectivity index (χ0v) is 15.6. The van der Waals surface area contributed by atoms with Crippen molar-refractivity contribution in [3.8, 4) is 0 Å². The van der Waals surface area contributed by atoms with E-state index in [1.807, 2.05) is 0 Å². The van der Waals surface area contributed by atoms with Crippen LogP contribution in [0.25, 0.3) is 10.8 Å². The summed E-state index contributed by atoms with van der Waals surface area (Å²) in [4.78, 5) is -0.158. The molecular weight excluding hydrogens is 520 g/mol. The maximum atomic E-state index is 11.5. The van der Waals surface area contributed by atoms with Gasteiger partial charge < -0.3 is 0 Å². The third kappa shape index (κ3) is 2.43. The largest absolute Gasteiger partial charge is 0.296 e. The van der Waals surface area contributed by atoms with Crippen molar-refractivity contribution in [1.29, 1.82) is 0 Å². The molecule has 2 aromatic carbocycles. The molecule has 0 atom stereocenters. The zero-order valence-electron chi connectivity index (χ0n) is 8.42. The zero-order chi connectivity index (χ0) is 13.7. The summed E-state index contributed by atoms with van der Waals surface area (Å²) in [7, 11) is -4.33. The van der Waals surface area contributed by atoms with Crippen molar-refractivity contribution in [2.75, 3.05) is 0 Å². The standard InChI is InChI=1S/C10H4Br4O3S/c11-5-3-1-2-4-6(5)7(12)8(13)9(14)10(4)18(15,16)17/h1-3H,(H,15,16,17). The highest BCUT2D eigenvalue weighted by Gasteiger charge is 2.24. The minimum atomic E-state index is -4.33. The smallest absolute Gasteiger partial charge is 0.282 e. The quantitative estimate of drug-likeness (QED) is 0.416. The molecule has 0 bridgehead atoms. The van der Waals surface area contributed by atoms with Gasteiger partial charge in [0, 0.05) is 24.2 Å². The minimum Gasteiger partial charge on any atom is -0.282 e. The van der Waals surface area contributed by atoms with E-state index in [0.29, 0.717) is 19.7 Å². The summed E-state index contributed by atoms with van der Waals surface area (Å²) in [6.45, 7) is 0. The van der Waals surface area contributed by atoms with Crippen LogP contribution in [0.3, 0.4) is 0 Å². The molecule has 0 aliphatic heterocycles. The first-order valence-electron chi connectivity index (χ1n) is 4.47. The maximum absolute atomic E-state index is 11.5. The Morgan fingerprint density at radius 2 is 1.56 bits per heavy atom. The molecule has 0 heterocycles. The Hall–Kier alpha value is 0.530. The Morgan fingerprint density at radius 1 is 0.944 bits per heavy atom. The van der Waals surface area contributed by atoms with Crippen molar-refractivity contribution in [2.24, 2.45) is 0 Å². The predicted molar refractivity (Wildman–Crippen MR) is 84.6 cm³/mol. The van der Waals surface area contributed by atoms with Crippen molar-refractivity contribution in [2.45, 2.75) is 4.90 Å². The topological polar surface area (TPSA) is 54.4 Å². The Balaban J connectivity index is 3.18. The monoisotopic (exact) mass is 520 g/mol. The molecule has 1 N–H and O–H groups in total. The molecule has 2 rings (SSSR count). The first-order valence-corrected chi connectivity index (χ1v) is 9.08. The summed E-state index contributed by atoms with van der Waals surface area (Å²) >= 11 is 13.2. The Morgan fingerprint density at radius 3 is 2.11 bits per heavy atom. The van der Waals surface area contributed by atoms with E-state index in [2.05, 4.69) is 63.7 Å². The number of benzene rings is 2. The van der Waals surface area contributed by atoms with Crippen LogP contribution in [0.4, 0.5) is 0 Å². The summed E-state index contributed by atoms with van der Waals surface area (Å²) in [5.74, 6) is 0. The molecule has 0 unspecified atom stereocenters. The molecule has 96 valence electrons. The van der Waals surface area contributed by atoms with Gasteiger partial charge in [-0.25, -0.2) is 0 Å². The second-order valence-electron chi connectivity index (χ2n) is 3.41. The van der Waals surface area contributed by atoms with Gasteiger partial charge in [0.15, 0.2) is 0 Å². The van der Waals surface area contributed by atoms with Gasteiger partial charge in [0.25, 0.3) is 10.1 Å². The summed E-state index contributed by atoms with van der Waals surface area (Å²) in [5.41, 5.74) is 0. The van der Waals surface area contributed by atoms with Crippen LogP contribution in [0.1, 0.15) is 0 Å². The number of rotatable bonds is 1. The SMILES string of the molecule is O=S(=O)(O)c1c(Br)c(Br)c(Br)c2c(Br)cccc12. The molecule has 0 saturated carbocycles. The highest BCUT2D eigenvalue weighted by atomic mass is 79.9. The summed E-state index contributed by atoms with van der Waals surface area (Å²) in [6.07, 6.45) is 0. The van der Waals surface area contributed by atoms with Crippen LogP contribution in [0.15, 0.2) is 41.0 Å². The molecule has 18 heavy (non-hydrogen) atoms. The van der Waals surface area contributed by atoms with Crippen molar-refractivity contribution in [1.82, 2.24) is 0 Å². The third-order valence-electron chi connectivity index (χ3n) is 2.32. The number of halogens is 4. The van der Waals surface area contributed by atoms with E-state index < -0.39 is 10.1 Å². The van der Waals surface area contributed by atoms with E-state index in [-0.39, 0.29) is 9.37 Å².